The molecule has 0 aromatic heterocycles. The molecule has 3 nitrogen and oxygen atoms in total. The molecule has 0 heterocycles. The quantitative estimate of drug-likeness (QED) is 0.0880. The van der Waals surface area contributed by atoms with Gasteiger partial charge in [-0.15, -0.1) is 0 Å². The van der Waals surface area contributed by atoms with Crippen LogP contribution in [0.25, 0.3) is 0 Å². The largest absolute Gasteiger partial charge is 0.393 e. The number of carbonyl (C=O) groups is 2. The number of hydrogen-bond acceptors (Lipinski definition) is 3. The Balaban J connectivity index is 3.50. The number of allylic oxidation sites excluding steroid dienone is 2. The van der Waals surface area contributed by atoms with Crippen molar-refractivity contribution in [1.82, 2.24) is 0 Å². The van der Waals surface area contributed by atoms with Crippen molar-refractivity contribution in [3.63, 3.8) is 0 Å². The highest BCUT2D eigenvalue weighted by Crippen LogP contribution is 2.15. The second kappa shape index (κ2) is 21.6. The topological polar surface area (TPSA) is 43.4 Å². The number of esters is 2. The van der Waals surface area contributed by atoms with E-state index in [-0.39, 0.29) is 17.9 Å². The summed E-state index contributed by atoms with van der Waals surface area (Å²) in [7, 11) is 0. The summed E-state index contributed by atoms with van der Waals surface area (Å²) >= 11 is 0. The first-order valence-electron chi connectivity index (χ1n) is 12.5. The lowest BCUT2D eigenvalue weighted by molar-refractivity contribution is -0.163. The van der Waals surface area contributed by atoms with Gasteiger partial charge in [0, 0.05) is 6.42 Å². The second-order valence-corrected chi connectivity index (χ2v) is 8.37. The SMILES string of the molecule is CCCCCCCCC=CCCCCCCCC(=O)OC(=O)C(CC)CCCC. The van der Waals surface area contributed by atoms with Gasteiger partial charge in [0.2, 0.25) is 0 Å². The van der Waals surface area contributed by atoms with Crippen molar-refractivity contribution in [3.8, 4) is 0 Å². The third kappa shape index (κ3) is 18.6. The van der Waals surface area contributed by atoms with Crippen molar-refractivity contribution in [2.45, 2.75) is 136 Å². The van der Waals surface area contributed by atoms with E-state index in [2.05, 4.69) is 26.0 Å². The van der Waals surface area contributed by atoms with Crippen molar-refractivity contribution in [2.24, 2.45) is 5.92 Å². The Hall–Kier alpha value is -1.12. The van der Waals surface area contributed by atoms with Gasteiger partial charge in [0.25, 0.3) is 0 Å². The van der Waals surface area contributed by atoms with Gasteiger partial charge in [-0.3, -0.25) is 9.59 Å². The Morgan fingerprint density at radius 1 is 0.690 bits per heavy atom. The van der Waals surface area contributed by atoms with Crippen LogP contribution in [-0.4, -0.2) is 11.9 Å². The van der Waals surface area contributed by atoms with E-state index < -0.39 is 0 Å². The molecule has 0 aromatic carbocycles. The van der Waals surface area contributed by atoms with E-state index in [0.717, 1.165) is 44.9 Å². The summed E-state index contributed by atoms with van der Waals surface area (Å²) in [6, 6.07) is 0. The molecule has 0 fully saturated rings. The van der Waals surface area contributed by atoms with Gasteiger partial charge in [0.15, 0.2) is 0 Å². The van der Waals surface area contributed by atoms with Crippen LogP contribution in [0.15, 0.2) is 12.2 Å². The summed E-state index contributed by atoms with van der Waals surface area (Å²) in [5.74, 6) is -0.783. The molecule has 1 unspecified atom stereocenters. The molecule has 29 heavy (non-hydrogen) atoms. The van der Waals surface area contributed by atoms with E-state index in [9.17, 15) is 9.59 Å². The maximum atomic E-state index is 12.0. The summed E-state index contributed by atoms with van der Waals surface area (Å²) in [5.41, 5.74) is 0. The molecule has 0 bridgehead atoms. The Kier molecular flexibility index (Phi) is 20.8. The van der Waals surface area contributed by atoms with Gasteiger partial charge in [-0.2, -0.15) is 0 Å². The van der Waals surface area contributed by atoms with Gasteiger partial charge < -0.3 is 4.74 Å². The monoisotopic (exact) mass is 408 g/mol. The van der Waals surface area contributed by atoms with Crippen LogP contribution in [0.4, 0.5) is 0 Å². The zero-order valence-corrected chi connectivity index (χ0v) is 19.7. The predicted molar refractivity (Wildman–Crippen MR) is 124 cm³/mol. The molecule has 0 aliphatic heterocycles. The summed E-state index contributed by atoms with van der Waals surface area (Å²) in [6.45, 7) is 6.35. The summed E-state index contributed by atoms with van der Waals surface area (Å²) in [6.07, 6.45) is 24.7. The van der Waals surface area contributed by atoms with E-state index >= 15 is 0 Å². The van der Waals surface area contributed by atoms with Gasteiger partial charge in [0.05, 0.1) is 5.92 Å². The summed E-state index contributed by atoms with van der Waals surface area (Å²) in [4.78, 5) is 23.8. The minimum atomic E-state index is -0.345. The van der Waals surface area contributed by atoms with Crippen LogP contribution in [0.1, 0.15) is 136 Å². The maximum absolute atomic E-state index is 12.0. The third-order valence-corrected chi connectivity index (χ3v) is 5.59. The zero-order valence-electron chi connectivity index (χ0n) is 19.7. The van der Waals surface area contributed by atoms with E-state index in [1.165, 1.54) is 64.2 Å². The average Bonchev–Trinajstić information content (AvgIpc) is 2.71. The maximum Gasteiger partial charge on any atom is 0.316 e. The highest BCUT2D eigenvalue weighted by atomic mass is 16.6. The molecule has 0 aromatic rings. The molecular weight excluding hydrogens is 360 g/mol. The molecular formula is C26H48O3. The fourth-order valence-corrected chi connectivity index (χ4v) is 3.53. The van der Waals surface area contributed by atoms with E-state index in [0.29, 0.717) is 6.42 Å². The number of rotatable bonds is 20. The Bertz CT molecular complexity index is 414. The van der Waals surface area contributed by atoms with Crippen LogP contribution in [0, 0.1) is 5.92 Å². The molecule has 0 amide bonds. The molecule has 170 valence electrons. The Morgan fingerprint density at radius 3 is 1.76 bits per heavy atom. The van der Waals surface area contributed by atoms with E-state index in [1.54, 1.807) is 0 Å². The zero-order chi connectivity index (χ0) is 21.6. The molecule has 0 saturated carbocycles. The van der Waals surface area contributed by atoms with Crippen LogP contribution in [-0.2, 0) is 14.3 Å². The van der Waals surface area contributed by atoms with Crippen molar-refractivity contribution >= 4 is 11.9 Å². The number of ether oxygens (including phenoxy) is 1. The van der Waals surface area contributed by atoms with Gasteiger partial charge in [0.1, 0.15) is 0 Å². The van der Waals surface area contributed by atoms with Crippen molar-refractivity contribution in [2.75, 3.05) is 0 Å². The van der Waals surface area contributed by atoms with Gasteiger partial charge in [-0.1, -0.05) is 97.1 Å². The molecule has 0 saturated heterocycles. The second-order valence-electron chi connectivity index (χ2n) is 8.37. The van der Waals surface area contributed by atoms with Crippen LogP contribution in [0.5, 0.6) is 0 Å². The first-order chi connectivity index (χ1) is 14.2. The minimum Gasteiger partial charge on any atom is -0.393 e. The van der Waals surface area contributed by atoms with Gasteiger partial charge in [-0.05, 0) is 44.9 Å². The Labute approximate surface area is 181 Å². The lowest BCUT2D eigenvalue weighted by Gasteiger charge is -2.12. The summed E-state index contributed by atoms with van der Waals surface area (Å²) in [5, 5.41) is 0. The van der Waals surface area contributed by atoms with E-state index in [1.807, 2.05) is 6.92 Å². The van der Waals surface area contributed by atoms with Crippen LogP contribution >= 0.6 is 0 Å². The molecule has 1 atom stereocenters. The van der Waals surface area contributed by atoms with E-state index in [4.69, 9.17) is 4.74 Å². The molecule has 0 rings (SSSR count). The first kappa shape index (κ1) is 27.9. The smallest absolute Gasteiger partial charge is 0.316 e. The molecule has 0 aliphatic rings. The van der Waals surface area contributed by atoms with Crippen LogP contribution < -0.4 is 0 Å². The highest BCUT2D eigenvalue weighted by molar-refractivity contribution is 5.86. The highest BCUT2D eigenvalue weighted by Gasteiger charge is 2.20. The lowest BCUT2D eigenvalue weighted by Crippen LogP contribution is -2.20. The molecule has 0 spiro atoms. The summed E-state index contributed by atoms with van der Waals surface area (Å²) < 4.78 is 5.03. The lowest BCUT2D eigenvalue weighted by atomic mass is 10.00. The fourth-order valence-electron chi connectivity index (χ4n) is 3.53. The van der Waals surface area contributed by atoms with Crippen LogP contribution in [0.3, 0.4) is 0 Å². The van der Waals surface area contributed by atoms with Crippen molar-refractivity contribution in [3.05, 3.63) is 12.2 Å². The number of carbonyl (C=O) groups excluding carboxylic acids is 2. The Morgan fingerprint density at radius 2 is 1.21 bits per heavy atom. The molecule has 3 heteroatoms. The van der Waals surface area contributed by atoms with Gasteiger partial charge >= 0.3 is 11.9 Å². The first-order valence-corrected chi connectivity index (χ1v) is 12.5. The minimum absolute atomic E-state index is 0.118. The van der Waals surface area contributed by atoms with Gasteiger partial charge in [-0.25, -0.2) is 0 Å². The predicted octanol–water partition coefficient (Wildman–Crippen LogP) is 8.31. The molecule has 0 aliphatic carbocycles. The fraction of sp³-hybridized carbons (Fsp3) is 0.846. The van der Waals surface area contributed by atoms with Crippen molar-refractivity contribution in [1.29, 1.82) is 0 Å². The standard InChI is InChI=1S/C26H48O3/c1-4-7-9-10-11-12-13-14-15-16-17-18-19-20-21-23-25(27)29-26(28)24(6-3)22-8-5-2/h14-15,24H,4-13,16-23H2,1-3H3. The number of hydrogen-bond donors (Lipinski definition) is 0. The third-order valence-electron chi connectivity index (χ3n) is 5.59. The molecule has 0 radical (unpaired) electrons. The molecule has 0 N–H and O–H groups in total. The number of unbranched alkanes of at least 4 members (excludes halogenated alkanes) is 12. The van der Waals surface area contributed by atoms with Crippen molar-refractivity contribution < 1.29 is 14.3 Å². The van der Waals surface area contributed by atoms with Crippen LogP contribution in [0.2, 0.25) is 0 Å². The average molecular weight is 409 g/mol. The normalized spacial score (nSPS) is 12.4.